The van der Waals surface area contributed by atoms with Crippen LogP contribution in [0, 0.1) is 5.92 Å². The van der Waals surface area contributed by atoms with Gasteiger partial charge in [-0.05, 0) is 40.0 Å². The predicted molar refractivity (Wildman–Crippen MR) is 136 cm³/mol. The van der Waals surface area contributed by atoms with E-state index in [2.05, 4.69) is 20.4 Å². The second kappa shape index (κ2) is 9.81. The first-order chi connectivity index (χ1) is 17.6. The van der Waals surface area contributed by atoms with Crippen LogP contribution in [0.15, 0.2) is 18.6 Å². The van der Waals surface area contributed by atoms with E-state index in [1.165, 1.54) is 0 Å². The van der Waals surface area contributed by atoms with Gasteiger partial charge in [0.25, 0.3) is 0 Å². The van der Waals surface area contributed by atoms with Crippen molar-refractivity contribution < 1.29 is 19.4 Å². The molecule has 1 saturated heterocycles. The molecule has 37 heavy (non-hydrogen) atoms. The van der Waals surface area contributed by atoms with Gasteiger partial charge < -0.3 is 25.0 Å². The third-order valence-corrected chi connectivity index (χ3v) is 7.37. The van der Waals surface area contributed by atoms with Crippen molar-refractivity contribution in [1.29, 1.82) is 0 Å². The summed E-state index contributed by atoms with van der Waals surface area (Å²) in [6.07, 6.45) is 8.57. The fraction of sp³-hybridized carbons (Fsp3) is 0.640. The lowest BCUT2D eigenvalue weighted by atomic mass is 9.85. The van der Waals surface area contributed by atoms with E-state index < -0.39 is 5.60 Å². The lowest BCUT2D eigenvalue weighted by Gasteiger charge is -2.48. The molecule has 0 aromatic carbocycles. The van der Waals surface area contributed by atoms with E-state index in [4.69, 9.17) is 9.84 Å². The molecule has 2 aromatic heterocycles. The van der Waals surface area contributed by atoms with Crippen LogP contribution in [0.2, 0.25) is 0 Å². The van der Waals surface area contributed by atoms with Gasteiger partial charge in [0.2, 0.25) is 5.95 Å². The van der Waals surface area contributed by atoms with E-state index in [1.807, 2.05) is 30.6 Å². The molecule has 0 bridgehead atoms. The van der Waals surface area contributed by atoms with Gasteiger partial charge in [0.05, 0.1) is 31.6 Å². The van der Waals surface area contributed by atoms with E-state index in [1.54, 1.807) is 35.2 Å². The number of anilines is 3. The molecule has 3 atom stereocenters. The summed E-state index contributed by atoms with van der Waals surface area (Å²) in [7, 11) is 1.74. The van der Waals surface area contributed by atoms with Crippen molar-refractivity contribution in [3.8, 4) is 0 Å². The average Bonchev–Trinajstić information content (AvgIpc) is 3.50. The largest absolute Gasteiger partial charge is 0.444 e. The highest BCUT2D eigenvalue weighted by atomic mass is 16.6. The highest BCUT2D eigenvalue weighted by Gasteiger charge is 2.48. The molecule has 2 N–H and O–H groups in total. The Morgan fingerprint density at radius 3 is 2.78 bits per heavy atom. The summed E-state index contributed by atoms with van der Waals surface area (Å²) in [6, 6.07) is 0.0430. The molecule has 3 aliphatic rings. The van der Waals surface area contributed by atoms with Crippen LogP contribution in [0.25, 0.3) is 0 Å². The van der Waals surface area contributed by atoms with E-state index in [0.29, 0.717) is 43.5 Å². The Kier molecular flexibility index (Phi) is 6.69. The van der Waals surface area contributed by atoms with Crippen LogP contribution in [0.5, 0.6) is 0 Å². The van der Waals surface area contributed by atoms with Gasteiger partial charge in [0.1, 0.15) is 11.4 Å². The number of aliphatic hydroxyl groups excluding tert-OH is 1. The first kappa shape index (κ1) is 25.2. The topological polar surface area (TPSA) is 129 Å². The van der Waals surface area contributed by atoms with Gasteiger partial charge in [-0.25, -0.2) is 14.6 Å². The summed E-state index contributed by atoms with van der Waals surface area (Å²) >= 11 is 0. The Balaban J connectivity index is 1.31. The third kappa shape index (κ3) is 5.07. The highest BCUT2D eigenvalue weighted by molar-refractivity contribution is 5.93. The van der Waals surface area contributed by atoms with E-state index >= 15 is 0 Å². The molecule has 2 fully saturated rings. The molecule has 0 spiro atoms. The number of carbonyl (C=O) groups is 2. The number of fused-ring (bicyclic) bond motifs is 2. The number of aliphatic hydroxyl groups is 1. The van der Waals surface area contributed by atoms with Crippen molar-refractivity contribution in [2.45, 2.75) is 77.2 Å². The van der Waals surface area contributed by atoms with Gasteiger partial charge in [-0.3, -0.25) is 9.58 Å². The van der Waals surface area contributed by atoms with E-state index in [-0.39, 0.29) is 36.7 Å². The number of hydrogen-bond acceptors (Lipinski definition) is 8. The smallest absolute Gasteiger partial charge is 0.410 e. The molecule has 1 saturated carbocycles. The fourth-order valence-corrected chi connectivity index (χ4v) is 5.83. The zero-order chi connectivity index (χ0) is 26.3. The van der Waals surface area contributed by atoms with Crippen LogP contribution < -0.4 is 10.2 Å². The number of carbonyl (C=O) groups excluding carboxylic acids is 2. The second-order valence-corrected chi connectivity index (χ2v) is 11.0. The highest BCUT2D eigenvalue weighted by Crippen LogP contribution is 2.42. The summed E-state index contributed by atoms with van der Waals surface area (Å²) in [5.41, 5.74) is 1.04. The molecule has 0 radical (unpaired) electrons. The number of piperidine rings is 1. The maximum Gasteiger partial charge on any atom is 0.410 e. The number of ether oxygens (including phenoxy) is 1. The lowest BCUT2D eigenvalue weighted by Crippen LogP contribution is -2.60. The predicted octanol–water partition coefficient (Wildman–Crippen LogP) is 2.96. The minimum atomic E-state index is -0.537. The number of aromatic nitrogens is 4. The molecule has 1 unspecified atom stereocenters. The molecule has 200 valence electrons. The Hall–Kier alpha value is -3.41. The Morgan fingerprint density at radius 1 is 1.22 bits per heavy atom. The summed E-state index contributed by atoms with van der Waals surface area (Å²) in [5, 5.41) is 16.4. The van der Waals surface area contributed by atoms with Crippen LogP contribution in [0.3, 0.4) is 0 Å². The number of rotatable bonds is 5. The third-order valence-electron chi connectivity index (χ3n) is 7.37. The number of nitrogens with zero attached hydrogens (tertiary/aromatic N) is 7. The number of amides is 3. The number of urea groups is 1. The monoisotopic (exact) mass is 512 g/mol. The molecule has 4 heterocycles. The summed E-state index contributed by atoms with van der Waals surface area (Å²) < 4.78 is 7.30. The number of nitrogens with one attached hydrogen (secondary N) is 1. The van der Waals surface area contributed by atoms with Crippen LogP contribution in [-0.2, 0) is 17.8 Å². The molecule has 1 aliphatic carbocycles. The Labute approximate surface area is 216 Å². The minimum absolute atomic E-state index is 0.00149. The fourth-order valence-electron chi connectivity index (χ4n) is 5.83. The maximum absolute atomic E-state index is 13.6. The van der Waals surface area contributed by atoms with Crippen molar-refractivity contribution in [3.63, 3.8) is 0 Å². The van der Waals surface area contributed by atoms with Crippen molar-refractivity contribution in [1.82, 2.24) is 29.5 Å². The first-order valence-corrected chi connectivity index (χ1v) is 12.9. The van der Waals surface area contributed by atoms with Gasteiger partial charge in [-0.1, -0.05) is 6.42 Å². The molecular weight excluding hydrogens is 476 g/mol. The van der Waals surface area contributed by atoms with Crippen molar-refractivity contribution in [2.75, 3.05) is 30.4 Å². The standard InChI is InChI=1S/C25H36N8O4/c1-25(2,3)37-24(36)32-9-8-20(18-6-5-7-19(18)32)33-14-16-12-26-22(29-21(16)30(4)23(33)35)28-17-13-27-31(15-17)10-11-34/h12-13,15,18-20,34H,5-11,14H2,1-4H3,(H,26,28,29)/t18-,19?,20+/m1/s1. The molecular formula is C25H36N8O4. The van der Waals surface area contributed by atoms with Crippen molar-refractivity contribution in [3.05, 3.63) is 24.2 Å². The molecule has 3 amide bonds. The van der Waals surface area contributed by atoms with Crippen LogP contribution in [-0.4, -0.2) is 84.7 Å². The average molecular weight is 513 g/mol. The Morgan fingerprint density at radius 2 is 2.03 bits per heavy atom. The zero-order valence-electron chi connectivity index (χ0n) is 21.9. The molecule has 5 rings (SSSR count). The lowest BCUT2D eigenvalue weighted by molar-refractivity contribution is -0.0105. The molecule has 12 heteroatoms. The molecule has 2 aliphatic heterocycles. The summed E-state index contributed by atoms with van der Waals surface area (Å²) in [6.45, 7) is 7.07. The van der Waals surface area contributed by atoms with Crippen LogP contribution >= 0.6 is 0 Å². The van der Waals surface area contributed by atoms with Gasteiger partial charge in [-0.2, -0.15) is 10.1 Å². The number of hydrogen-bond donors (Lipinski definition) is 2. The van der Waals surface area contributed by atoms with Gasteiger partial charge in [0.15, 0.2) is 0 Å². The maximum atomic E-state index is 13.6. The van der Waals surface area contributed by atoms with Gasteiger partial charge in [-0.15, -0.1) is 0 Å². The van der Waals surface area contributed by atoms with E-state index in [0.717, 1.165) is 24.8 Å². The Bertz CT molecular complexity index is 1160. The molecule has 2 aromatic rings. The first-order valence-electron chi connectivity index (χ1n) is 12.9. The number of likely N-dealkylation sites (tertiary alicyclic amines) is 1. The van der Waals surface area contributed by atoms with Gasteiger partial charge in [0, 0.05) is 49.6 Å². The normalized spacial score (nSPS) is 23.6. The summed E-state index contributed by atoms with van der Waals surface area (Å²) in [4.78, 5) is 40.9. The quantitative estimate of drug-likeness (QED) is 0.626. The SMILES string of the molecule is CN1C(=O)N([C@H]2CCN(C(=O)OC(C)(C)C)C3CCC[C@H]32)Cc2cnc(Nc3cnn(CCO)c3)nc21. The zero-order valence-corrected chi connectivity index (χ0v) is 21.9. The summed E-state index contributed by atoms with van der Waals surface area (Å²) in [5.74, 6) is 1.17. The molecule has 12 nitrogen and oxygen atoms in total. The van der Waals surface area contributed by atoms with Crippen LogP contribution in [0.4, 0.5) is 27.0 Å². The second-order valence-electron chi connectivity index (χ2n) is 11.0. The minimum Gasteiger partial charge on any atom is -0.444 e. The van der Waals surface area contributed by atoms with Gasteiger partial charge >= 0.3 is 12.1 Å². The van der Waals surface area contributed by atoms with Crippen LogP contribution in [0.1, 0.15) is 52.0 Å². The van der Waals surface area contributed by atoms with Crippen molar-refractivity contribution in [2.24, 2.45) is 5.92 Å². The van der Waals surface area contributed by atoms with E-state index in [9.17, 15) is 9.59 Å². The van der Waals surface area contributed by atoms with Crippen molar-refractivity contribution >= 4 is 29.6 Å².